The summed E-state index contributed by atoms with van der Waals surface area (Å²) in [6, 6.07) is 10.7. The molecular formula is C15H10Br2ClF3. The smallest absolute Gasteiger partial charge is 0.166 e. The van der Waals surface area contributed by atoms with Gasteiger partial charge in [0.05, 0.1) is 10.9 Å². The summed E-state index contributed by atoms with van der Waals surface area (Å²) in [5.41, 5.74) is 1.00. The summed E-state index contributed by atoms with van der Waals surface area (Å²) in [7, 11) is 0. The monoisotopic (exact) mass is 440 g/mol. The van der Waals surface area contributed by atoms with Gasteiger partial charge in [0, 0.05) is 8.95 Å². The molecule has 0 aromatic heterocycles. The van der Waals surface area contributed by atoms with Gasteiger partial charge in [0.2, 0.25) is 0 Å². The molecule has 0 aliphatic heterocycles. The molecule has 0 amide bonds. The minimum atomic E-state index is -4.31. The van der Waals surface area contributed by atoms with Crippen molar-refractivity contribution in [2.24, 2.45) is 0 Å². The summed E-state index contributed by atoms with van der Waals surface area (Å²) in [6.45, 7) is 0. The van der Waals surface area contributed by atoms with Crippen molar-refractivity contribution in [1.29, 1.82) is 0 Å². The van der Waals surface area contributed by atoms with E-state index in [0.29, 0.717) is 6.42 Å². The molecule has 2 rings (SSSR count). The van der Waals surface area contributed by atoms with Crippen LogP contribution in [0.15, 0.2) is 51.4 Å². The van der Waals surface area contributed by atoms with Crippen molar-refractivity contribution in [2.45, 2.75) is 18.0 Å². The predicted molar refractivity (Wildman–Crippen MR) is 85.6 cm³/mol. The van der Waals surface area contributed by atoms with E-state index >= 15 is 0 Å². The Labute approximate surface area is 142 Å². The van der Waals surface area contributed by atoms with Crippen LogP contribution >= 0.6 is 43.5 Å². The third-order valence-electron chi connectivity index (χ3n) is 2.99. The van der Waals surface area contributed by atoms with E-state index in [9.17, 15) is 13.2 Å². The SMILES string of the molecule is FC(F)(F)c1ccc(CC(Cl)c2cc(Br)ccc2Br)cc1. The van der Waals surface area contributed by atoms with Gasteiger partial charge in [-0.15, -0.1) is 11.6 Å². The maximum atomic E-state index is 12.5. The standard InChI is InChI=1S/C15H10Br2ClF3/c16-11-5-6-13(17)12(8-11)14(18)7-9-1-3-10(4-2-9)15(19,20)21/h1-6,8,14H,7H2. The molecule has 0 aliphatic rings. The third-order valence-corrected chi connectivity index (χ3v) is 4.60. The van der Waals surface area contributed by atoms with E-state index < -0.39 is 11.7 Å². The molecule has 0 N–H and O–H groups in total. The Morgan fingerprint density at radius 1 is 1.00 bits per heavy atom. The van der Waals surface area contributed by atoms with Crippen LogP contribution in [0.25, 0.3) is 0 Å². The van der Waals surface area contributed by atoms with Crippen molar-refractivity contribution in [1.82, 2.24) is 0 Å². The van der Waals surface area contributed by atoms with Crippen molar-refractivity contribution < 1.29 is 13.2 Å². The molecule has 0 fully saturated rings. The molecule has 0 saturated heterocycles. The highest BCUT2D eigenvalue weighted by molar-refractivity contribution is 9.11. The average Bonchev–Trinajstić information content (AvgIpc) is 2.41. The lowest BCUT2D eigenvalue weighted by Gasteiger charge is -2.13. The van der Waals surface area contributed by atoms with Gasteiger partial charge < -0.3 is 0 Å². The Kier molecular flexibility index (Phi) is 5.38. The maximum Gasteiger partial charge on any atom is 0.416 e. The predicted octanol–water partition coefficient (Wildman–Crippen LogP) is 6.75. The quantitative estimate of drug-likeness (QED) is 0.461. The van der Waals surface area contributed by atoms with E-state index in [1.54, 1.807) is 0 Å². The fraction of sp³-hybridized carbons (Fsp3) is 0.200. The van der Waals surface area contributed by atoms with Crippen LogP contribution in [-0.2, 0) is 12.6 Å². The van der Waals surface area contributed by atoms with E-state index in [1.165, 1.54) is 12.1 Å². The van der Waals surface area contributed by atoms with Gasteiger partial charge in [-0.3, -0.25) is 0 Å². The molecule has 2 aromatic carbocycles. The highest BCUT2D eigenvalue weighted by atomic mass is 79.9. The third kappa shape index (κ3) is 4.47. The molecule has 0 spiro atoms. The van der Waals surface area contributed by atoms with Gasteiger partial charge >= 0.3 is 6.18 Å². The van der Waals surface area contributed by atoms with Gasteiger partial charge in [0.15, 0.2) is 0 Å². The first-order chi connectivity index (χ1) is 9.77. The Hall–Kier alpha value is -0.520. The average molecular weight is 443 g/mol. The normalized spacial score (nSPS) is 13.2. The van der Waals surface area contributed by atoms with Gasteiger partial charge in [-0.1, -0.05) is 44.0 Å². The number of hydrogen-bond donors (Lipinski definition) is 0. The van der Waals surface area contributed by atoms with E-state index in [2.05, 4.69) is 31.9 Å². The number of hydrogen-bond acceptors (Lipinski definition) is 0. The Morgan fingerprint density at radius 3 is 2.19 bits per heavy atom. The zero-order valence-electron chi connectivity index (χ0n) is 10.6. The molecule has 112 valence electrons. The van der Waals surface area contributed by atoms with E-state index in [4.69, 9.17) is 11.6 Å². The van der Waals surface area contributed by atoms with Crippen LogP contribution in [-0.4, -0.2) is 0 Å². The second kappa shape index (κ2) is 6.71. The minimum Gasteiger partial charge on any atom is -0.166 e. The van der Waals surface area contributed by atoms with Crippen molar-refractivity contribution in [3.63, 3.8) is 0 Å². The Bertz CT molecular complexity index is 624. The fourth-order valence-electron chi connectivity index (χ4n) is 1.90. The molecule has 2 aromatic rings. The lowest BCUT2D eigenvalue weighted by Crippen LogP contribution is -2.05. The molecule has 21 heavy (non-hydrogen) atoms. The van der Waals surface area contributed by atoms with Crippen LogP contribution in [0.1, 0.15) is 22.1 Å². The largest absolute Gasteiger partial charge is 0.416 e. The topological polar surface area (TPSA) is 0 Å². The van der Waals surface area contributed by atoms with Crippen LogP contribution in [0, 0.1) is 0 Å². The molecule has 0 saturated carbocycles. The van der Waals surface area contributed by atoms with Crippen molar-refractivity contribution in [3.05, 3.63) is 68.1 Å². The number of halogens is 6. The summed E-state index contributed by atoms with van der Waals surface area (Å²) in [6.07, 6.45) is -3.86. The molecule has 0 nitrogen and oxygen atoms in total. The van der Waals surface area contributed by atoms with Gasteiger partial charge in [0.1, 0.15) is 0 Å². The second-order valence-corrected chi connectivity index (χ2v) is 6.83. The van der Waals surface area contributed by atoms with Crippen LogP contribution in [0.4, 0.5) is 13.2 Å². The summed E-state index contributed by atoms with van der Waals surface area (Å²) >= 11 is 13.2. The van der Waals surface area contributed by atoms with Crippen molar-refractivity contribution in [2.75, 3.05) is 0 Å². The summed E-state index contributed by atoms with van der Waals surface area (Å²) < 4.78 is 39.3. The first-order valence-electron chi connectivity index (χ1n) is 6.02. The van der Waals surface area contributed by atoms with Crippen molar-refractivity contribution >= 4 is 43.5 Å². The molecule has 0 heterocycles. The van der Waals surface area contributed by atoms with Crippen LogP contribution in [0.3, 0.4) is 0 Å². The minimum absolute atomic E-state index is 0.325. The number of rotatable bonds is 3. The van der Waals surface area contributed by atoms with Crippen LogP contribution in [0.2, 0.25) is 0 Å². The first kappa shape index (κ1) is 16.8. The lowest BCUT2D eigenvalue weighted by molar-refractivity contribution is -0.137. The number of alkyl halides is 4. The van der Waals surface area contributed by atoms with E-state index in [0.717, 1.165) is 32.2 Å². The highest BCUT2D eigenvalue weighted by Crippen LogP contribution is 2.34. The van der Waals surface area contributed by atoms with Gasteiger partial charge in [-0.25, -0.2) is 0 Å². The van der Waals surface area contributed by atoms with Gasteiger partial charge in [0.25, 0.3) is 0 Å². The fourth-order valence-corrected chi connectivity index (χ4v) is 3.29. The molecule has 1 unspecified atom stereocenters. The summed E-state index contributed by atoms with van der Waals surface area (Å²) in [5, 5.41) is -0.325. The highest BCUT2D eigenvalue weighted by Gasteiger charge is 2.30. The van der Waals surface area contributed by atoms with E-state index in [1.807, 2.05) is 18.2 Å². The van der Waals surface area contributed by atoms with E-state index in [-0.39, 0.29) is 5.38 Å². The number of benzene rings is 2. The molecular weight excluding hydrogens is 432 g/mol. The van der Waals surface area contributed by atoms with Gasteiger partial charge in [-0.2, -0.15) is 13.2 Å². The zero-order chi connectivity index (χ0) is 15.6. The Balaban J connectivity index is 2.16. The van der Waals surface area contributed by atoms with Crippen LogP contribution in [0.5, 0.6) is 0 Å². The summed E-state index contributed by atoms with van der Waals surface area (Å²) in [5.74, 6) is 0. The van der Waals surface area contributed by atoms with Crippen LogP contribution < -0.4 is 0 Å². The zero-order valence-corrected chi connectivity index (χ0v) is 14.5. The first-order valence-corrected chi connectivity index (χ1v) is 8.05. The molecule has 0 radical (unpaired) electrons. The molecule has 6 heteroatoms. The van der Waals surface area contributed by atoms with Crippen molar-refractivity contribution in [3.8, 4) is 0 Å². The molecule has 0 aliphatic carbocycles. The Morgan fingerprint density at radius 2 is 1.62 bits per heavy atom. The second-order valence-electron chi connectivity index (χ2n) is 4.53. The molecule has 0 bridgehead atoms. The summed E-state index contributed by atoms with van der Waals surface area (Å²) in [4.78, 5) is 0. The lowest BCUT2D eigenvalue weighted by atomic mass is 10.0. The maximum absolute atomic E-state index is 12.5. The van der Waals surface area contributed by atoms with Gasteiger partial charge in [-0.05, 0) is 47.9 Å². The molecule has 1 atom stereocenters.